The average molecular weight is 168 g/mol. The lowest BCUT2D eigenvalue weighted by molar-refractivity contribution is 0.275. The Morgan fingerprint density at radius 1 is 1.50 bits per heavy atom. The standard InChI is InChI=1S/C9H16N2O/c1-9(2,3)8-7(6-12)11(8)5-4-10/h7-8,12H,5-6H2,1-3H3/t7-,8+,11?/m1/s1. The van der Waals surface area contributed by atoms with Crippen molar-refractivity contribution in [2.24, 2.45) is 5.41 Å². The minimum atomic E-state index is 0.170. The van der Waals surface area contributed by atoms with E-state index in [1.54, 1.807) is 0 Å². The number of nitriles is 1. The molecule has 0 spiro atoms. The van der Waals surface area contributed by atoms with Gasteiger partial charge in [-0.15, -0.1) is 0 Å². The number of rotatable bonds is 2. The smallest absolute Gasteiger partial charge is 0.0872 e. The van der Waals surface area contributed by atoms with Crippen LogP contribution in [0, 0.1) is 16.7 Å². The molecule has 1 fully saturated rings. The van der Waals surface area contributed by atoms with Crippen molar-refractivity contribution in [3.63, 3.8) is 0 Å². The van der Waals surface area contributed by atoms with Crippen LogP contribution in [0.25, 0.3) is 0 Å². The molecule has 1 aliphatic heterocycles. The summed E-state index contributed by atoms with van der Waals surface area (Å²) in [7, 11) is 0. The Bertz CT molecular complexity index is 202. The van der Waals surface area contributed by atoms with E-state index in [0.29, 0.717) is 12.6 Å². The molecule has 0 aromatic rings. The summed E-state index contributed by atoms with van der Waals surface area (Å²) < 4.78 is 0. The summed E-state index contributed by atoms with van der Waals surface area (Å²) in [5, 5.41) is 17.5. The normalized spacial score (nSPS) is 34.4. The van der Waals surface area contributed by atoms with E-state index in [9.17, 15) is 0 Å². The van der Waals surface area contributed by atoms with Crippen molar-refractivity contribution in [3.8, 4) is 6.07 Å². The SMILES string of the molecule is CC(C)(C)[C@@H]1[C@@H](CO)N1CC#N. The van der Waals surface area contributed by atoms with E-state index >= 15 is 0 Å². The number of hydrogen-bond donors (Lipinski definition) is 1. The van der Waals surface area contributed by atoms with Gasteiger partial charge in [-0.05, 0) is 5.41 Å². The van der Waals surface area contributed by atoms with Crippen LogP contribution in [0.1, 0.15) is 20.8 Å². The Kier molecular flexibility index (Phi) is 2.41. The Hall–Kier alpha value is -0.590. The van der Waals surface area contributed by atoms with Gasteiger partial charge in [-0.3, -0.25) is 4.90 Å². The van der Waals surface area contributed by atoms with Gasteiger partial charge in [0.1, 0.15) is 0 Å². The molecule has 3 nitrogen and oxygen atoms in total. The highest BCUT2D eigenvalue weighted by atomic mass is 16.3. The van der Waals surface area contributed by atoms with E-state index in [2.05, 4.69) is 26.8 Å². The molecule has 0 amide bonds. The Balaban J connectivity index is 2.54. The zero-order valence-electron chi connectivity index (χ0n) is 7.91. The van der Waals surface area contributed by atoms with Crippen LogP contribution >= 0.6 is 0 Å². The van der Waals surface area contributed by atoms with Crippen LogP contribution in [0.3, 0.4) is 0 Å². The molecular formula is C9H16N2O. The van der Waals surface area contributed by atoms with Gasteiger partial charge >= 0.3 is 0 Å². The number of nitrogens with zero attached hydrogens (tertiary/aromatic N) is 2. The molecule has 3 atom stereocenters. The maximum absolute atomic E-state index is 8.99. The molecule has 0 saturated carbocycles. The van der Waals surface area contributed by atoms with Crippen molar-refractivity contribution in [1.29, 1.82) is 5.26 Å². The monoisotopic (exact) mass is 168 g/mol. The molecular weight excluding hydrogens is 152 g/mol. The van der Waals surface area contributed by atoms with Crippen molar-refractivity contribution in [3.05, 3.63) is 0 Å². The Morgan fingerprint density at radius 3 is 2.33 bits per heavy atom. The second-order valence-corrected chi connectivity index (χ2v) is 4.39. The highest BCUT2D eigenvalue weighted by Crippen LogP contribution is 2.40. The average Bonchev–Trinajstić information content (AvgIpc) is 2.61. The zero-order valence-corrected chi connectivity index (χ0v) is 7.91. The summed E-state index contributed by atoms with van der Waals surface area (Å²) in [6.07, 6.45) is 0. The number of aliphatic hydroxyl groups is 1. The van der Waals surface area contributed by atoms with Crippen LogP contribution in [0.4, 0.5) is 0 Å². The van der Waals surface area contributed by atoms with Crippen LogP contribution in [-0.2, 0) is 0 Å². The first-order valence-corrected chi connectivity index (χ1v) is 4.26. The minimum absolute atomic E-state index is 0.170. The van der Waals surface area contributed by atoms with Gasteiger partial charge in [-0.2, -0.15) is 5.26 Å². The topological polar surface area (TPSA) is 47.0 Å². The molecule has 3 heteroatoms. The molecule has 68 valence electrons. The fourth-order valence-electron chi connectivity index (χ4n) is 1.91. The van der Waals surface area contributed by atoms with E-state index < -0.39 is 0 Å². The van der Waals surface area contributed by atoms with Crippen LogP contribution in [-0.4, -0.2) is 35.2 Å². The molecule has 0 radical (unpaired) electrons. The van der Waals surface area contributed by atoms with Gasteiger partial charge in [0.25, 0.3) is 0 Å². The predicted molar refractivity (Wildman–Crippen MR) is 46.4 cm³/mol. The van der Waals surface area contributed by atoms with Gasteiger partial charge in [0.15, 0.2) is 0 Å². The van der Waals surface area contributed by atoms with Crippen LogP contribution in [0.5, 0.6) is 0 Å². The summed E-state index contributed by atoms with van der Waals surface area (Å²) >= 11 is 0. The fourth-order valence-corrected chi connectivity index (χ4v) is 1.91. The maximum Gasteiger partial charge on any atom is 0.0872 e. The van der Waals surface area contributed by atoms with Crippen LogP contribution < -0.4 is 0 Å². The quantitative estimate of drug-likeness (QED) is 0.485. The first-order valence-electron chi connectivity index (χ1n) is 4.26. The molecule has 0 aromatic carbocycles. The molecule has 0 bridgehead atoms. The molecule has 1 unspecified atom stereocenters. The Labute approximate surface area is 73.6 Å². The second kappa shape index (κ2) is 3.04. The van der Waals surface area contributed by atoms with Crippen molar-refractivity contribution < 1.29 is 5.11 Å². The first-order chi connectivity index (χ1) is 5.52. The summed E-state index contributed by atoms with van der Waals surface area (Å²) in [6.45, 7) is 7.02. The predicted octanol–water partition coefficient (Wildman–Crippen LogP) is 0.601. The Morgan fingerprint density at radius 2 is 2.08 bits per heavy atom. The summed E-state index contributed by atoms with van der Waals surface area (Å²) in [6, 6.07) is 2.70. The minimum Gasteiger partial charge on any atom is -0.395 e. The third-order valence-corrected chi connectivity index (χ3v) is 2.39. The summed E-state index contributed by atoms with van der Waals surface area (Å²) in [5.74, 6) is 0. The van der Waals surface area contributed by atoms with E-state index in [1.165, 1.54) is 0 Å². The van der Waals surface area contributed by atoms with Crippen molar-refractivity contribution in [2.45, 2.75) is 32.9 Å². The number of hydrogen-bond acceptors (Lipinski definition) is 3. The molecule has 0 aromatic heterocycles. The highest BCUT2D eigenvalue weighted by molar-refractivity contribution is 5.10. The largest absolute Gasteiger partial charge is 0.395 e. The lowest BCUT2D eigenvalue weighted by Gasteiger charge is -2.17. The molecule has 1 rings (SSSR count). The van der Waals surface area contributed by atoms with Crippen molar-refractivity contribution in [1.82, 2.24) is 4.90 Å². The third kappa shape index (κ3) is 1.60. The van der Waals surface area contributed by atoms with Gasteiger partial charge in [0.2, 0.25) is 0 Å². The van der Waals surface area contributed by atoms with Crippen molar-refractivity contribution >= 4 is 0 Å². The van der Waals surface area contributed by atoms with E-state index in [4.69, 9.17) is 10.4 Å². The first kappa shape index (κ1) is 9.50. The number of aliphatic hydroxyl groups excluding tert-OH is 1. The molecule has 1 heterocycles. The van der Waals surface area contributed by atoms with Gasteiger partial charge < -0.3 is 5.11 Å². The second-order valence-electron chi connectivity index (χ2n) is 4.39. The van der Waals surface area contributed by atoms with Gasteiger partial charge in [0.05, 0.1) is 25.3 Å². The van der Waals surface area contributed by atoms with Gasteiger partial charge in [0, 0.05) is 6.04 Å². The summed E-state index contributed by atoms with van der Waals surface area (Å²) in [4.78, 5) is 2.04. The summed E-state index contributed by atoms with van der Waals surface area (Å²) in [5.41, 5.74) is 0.171. The van der Waals surface area contributed by atoms with Crippen LogP contribution in [0.2, 0.25) is 0 Å². The molecule has 12 heavy (non-hydrogen) atoms. The van der Waals surface area contributed by atoms with Crippen molar-refractivity contribution in [2.75, 3.05) is 13.2 Å². The molecule has 1 N–H and O–H groups in total. The third-order valence-electron chi connectivity index (χ3n) is 2.39. The van der Waals surface area contributed by atoms with E-state index in [0.717, 1.165) is 0 Å². The van der Waals surface area contributed by atoms with Gasteiger partial charge in [-0.25, -0.2) is 0 Å². The molecule has 1 saturated heterocycles. The highest BCUT2D eigenvalue weighted by Gasteiger charge is 2.52. The lowest BCUT2D eigenvalue weighted by atomic mass is 9.90. The molecule has 1 aliphatic rings. The molecule has 0 aliphatic carbocycles. The maximum atomic E-state index is 8.99. The van der Waals surface area contributed by atoms with Gasteiger partial charge in [-0.1, -0.05) is 20.8 Å². The van der Waals surface area contributed by atoms with Crippen LogP contribution in [0.15, 0.2) is 0 Å². The zero-order chi connectivity index (χ0) is 9.35. The lowest BCUT2D eigenvalue weighted by Crippen LogP contribution is -2.19. The fraction of sp³-hybridized carbons (Fsp3) is 0.889. The van der Waals surface area contributed by atoms with E-state index in [1.807, 2.05) is 4.90 Å². The van der Waals surface area contributed by atoms with E-state index in [-0.39, 0.29) is 18.1 Å².